The number of anilines is 1. The molecule has 0 aliphatic heterocycles. The first kappa shape index (κ1) is 13.1. The number of nitrogens with one attached hydrogen (secondary N) is 1. The molecule has 7 heteroatoms. The number of alkyl halides is 2. The van der Waals surface area contributed by atoms with Crippen LogP contribution in [0.3, 0.4) is 0 Å². The average molecular weight is 276 g/mol. The second-order valence-electron chi connectivity index (χ2n) is 4.37. The lowest BCUT2D eigenvalue weighted by Gasteiger charge is -2.27. The van der Waals surface area contributed by atoms with E-state index in [4.69, 9.17) is 11.6 Å². The smallest absolute Gasteiger partial charge is 0.248 e. The van der Waals surface area contributed by atoms with Crippen LogP contribution < -0.4 is 5.32 Å². The molecule has 1 heterocycles. The number of hydrogen-bond acceptors (Lipinski definition) is 3. The van der Waals surface area contributed by atoms with E-state index in [1.165, 1.54) is 12.4 Å². The summed E-state index contributed by atoms with van der Waals surface area (Å²) in [4.78, 5) is 19.4. The molecule has 1 aliphatic carbocycles. The Morgan fingerprint density at radius 3 is 2.94 bits per heavy atom. The van der Waals surface area contributed by atoms with Crippen molar-refractivity contribution in [1.29, 1.82) is 0 Å². The predicted octanol–water partition coefficient (Wildman–Crippen LogP) is 2.89. The van der Waals surface area contributed by atoms with E-state index in [-0.39, 0.29) is 17.4 Å². The molecule has 1 aromatic rings. The summed E-state index contributed by atoms with van der Waals surface area (Å²) in [6, 6.07) is 0. The maximum atomic E-state index is 13.2. The van der Waals surface area contributed by atoms with E-state index in [1.807, 2.05) is 0 Å². The molecule has 1 aromatic heterocycles. The summed E-state index contributed by atoms with van der Waals surface area (Å²) in [5.74, 6) is -3.71. The van der Waals surface area contributed by atoms with Crippen LogP contribution in [0.4, 0.5) is 14.6 Å². The molecule has 1 amide bonds. The Kier molecular flexibility index (Phi) is 3.75. The summed E-state index contributed by atoms with van der Waals surface area (Å²) in [6.45, 7) is 0. The zero-order valence-corrected chi connectivity index (χ0v) is 10.3. The molecular formula is C11H12ClF2N3O. The van der Waals surface area contributed by atoms with Gasteiger partial charge in [-0.3, -0.25) is 9.78 Å². The van der Waals surface area contributed by atoms with Crippen LogP contribution in [0.1, 0.15) is 25.7 Å². The molecule has 0 bridgehead atoms. The average Bonchev–Trinajstić information content (AvgIpc) is 2.27. The maximum Gasteiger partial charge on any atom is 0.248 e. The molecule has 18 heavy (non-hydrogen) atoms. The van der Waals surface area contributed by atoms with Crippen LogP contribution in [0.2, 0.25) is 5.15 Å². The van der Waals surface area contributed by atoms with Gasteiger partial charge in [0.2, 0.25) is 11.8 Å². The van der Waals surface area contributed by atoms with Crippen LogP contribution in [0.15, 0.2) is 12.4 Å². The van der Waals surface area contributed by atoms with E-state index >= 15 is 0 Å². The van der Waals surface area contributed by atoms with Gasteiger partial charge in [0.05, 0.1) is 12.4 Å². The molecule has 1 N–H and O–H groups in total. The van der Waals surface area contributed by atoms with Gasteiger partial charge in [0.15, 0.2) is 5.82 Å². The number of amides is 1. The van der Waals surface area contributed by atoms with Crippen molar-refractivity contribution in [1.82, 2.24) is 9.97 Å². The molecule has 1 fully saturated rings. The lowest BCUT2D eigenvalue weighted by molar-refractivity contribution is -0.127. The first-order chi connectivity index (χ1) is 8.46. The van der Waals surface area contributed by atoms with Gasteiger partial charge in [-0.05, 0) is 12.8 Å². The highest BCUT2D eigenvalue weighted by molar-refractivity contribution is 6.29. The first-order valence-electron chi connectivity index (χ1n) is 5.62. The normalized spacial score (nSPS) is 22.5. The van der Waals surface area contributed by atoms with Crippen molar-refractivity contribution in [2.75, 3.05) is 5.32 Å². The summed E-state index contributed by atoms with van der Waals surface area (Å²) >= 11 is 5.61. The highest BCUT2D eigenvalue weighted by Gasteiger charge is 2.39. The largest absolute Gasteiger partial charge is 0.309 e. The zero-order chi connectivity index (χ0) is 13.2. The summed E-state index contributed by atoms with van der Waals surface area (Å²) in [5, 5.41) is 2.60. The lowest BCUT2D eigenvalue weighted by atomic mass is 9.86. The monoisotopic (exact) mass is 275 g/mol. The highest BCUT2D eigenvalue weighted by Crippen LogP contribution is 2.36. The van der Waals surface area contributed by atoms with Gasteiger partial charge in [-0.2, -0.15) is 0 Å². The van der Waals surface area contributed by atoms with Gasteiger partial charge < -0.3 is 5.32 Å². The Morgan fingerprint density at radius 1 is 1.50 bits per heavy atom. The van der Waals surface area contributed by atoms with Gasteiger partial charge in [0, 0.05) is 18.8 Å². The van der Waals surface area contributed by atoms with E-state index in [2.05, 4.69) is 15.3 Å². The van der Waals surface area contributed by atoms with Crippen molar-refractivity contribution >= 4 is 23.3 Å². The fraction of sp³-hybridized carbons (Fsp3) is 0.545. The summed E-state index contributed by atoms with van der Waals surface area (Å²) in [6.07, 6.45) is 2.92. The second-order valence-corrected chi connectivity index (χ2v) is 4.75. The third-order valence-corrected chi connectivity index (χ3v) is 3.05. The number of aromatic nitrogens is 2. The molecule has 0 spiro atoms. The quantitative estimate of drug-likeness (QED) is 0.903. The van der Waals surface area contributed by atoms with E-state index in [1.54, 1.807) is 0 Å². The van der Waals surface area contributed by atoms with E-state index in [0.717, 1.165) is 0 Å². The fourth-order valence-electron chi connectivity index (χ4n) is 2.03. The third kappa shape index (κ3) is 3.35. The Morgan fingerprint density at radius 2 is 2.28 bits per heavy atom. The highest BCUT2D eigenvalue weighted by atomic mass is 35.5. The molecule has 1 unspecified atom stereocenters. The van der Waals surface area contributed by atoms with Gasteiger partial charge in [-0.1, -0.05) is 11.6 Å². The van der Waals surface area contributed by atoms with Crippen molar-refractivity contribution in [2.24, 2.45) is 5.92 Å². The standard InChI is InChI=1S/C11H12ClF2N3O/c12-8-5-15-6-9(16-8)17-10(18)7-2-1-3-11(13,14)4-7/h5-7H,1-4H2,(H,16,17,18). The summed E-state index contributed by atoms with van der Waals surface area (Å²) in [7, 11) is 0. The molecule has 1 atom stereocenters. The molecule has 0 radical (unpaired) electrons. The Bertz CT molecular complexity index is 456. The van der Waals surface area contributed by atoms with E-state index in [9.17, 15) is 13.6 Å². The lowest BCUT2D eigenvalue weighted by Crippen LogP contribution is -2.33. The number of halogens is 3. The third-order valence-electron chi connectivity index (χ3n) is 2.87. The van der Waals surface area contributed by atoms with Crippen LogP contribution in [0.25, 0.3) is 0 Å². The maximum absolute atomic E-state index is 13.2. The number of carbonyl (C=O) groups excluding carboxylic acids is 1. The van der Waals surface area contributed by atoms with Gasteiger partial charge in [-0.15, -0.1) is 0 Å². The van der Waals surface area contributed by atoms with Crippen LogP contribution in [-0.4, -0.2) is 21.8 Å². The van der Waals surface area contributed by atoms with Crippen molar-refractivity contribution in [2.45, 2.75) is 31.6 Å². The van der Waals surface area contributed by atoms with Gasteiger partial charge >= 0.3 is 0 Å². The van der Waals surface area contributed by atoms with Crippen molar-refractivity contribution < 1.29 is 13.6 Å². The molecule has 1 aliphatic rings. The first-order valence-corrected chi connectivity index (χ1v) is 6.00. The molecular weight excluding hydrogens is 264 g/mol. The molecule has 98 valence electrons. The SMILES string of the molecule is O=C(Nc1cncc(Cl)n1)C1CCCC(F)(F)C1. The second kappa shape index (κ2) is 5.14. The van der Waals surface area contributed by atoms with Crippen LogP contribution >= 0.6 is 11.6 Å². The molecule has 1 saturated carbocycles. The molecule has 0 saturated heterocycles. The molecule has 2 rings (SSSR count). The topological polar surface area (TPSA) is 54.9 Å². The molecule has 4 nitrogen and oxygen atoms in total. The number of nitrogens with zero attached hydrogens (tertiary/aromatic N) is 2. The van der Waals surface area contributed by atoms with Gasteiger partial charge in [0.1, 0.15) is 5.15 Å². The van der Waals surface area contributed by atoms with Gasteiger partial charge in [0.25, 0.3) is 0 Å². The number of rotatable bonds is 2. The minimum Gasteiger partial charge on any atom is -0.309 e. The van der Waals surface area contributed by atoms with Gasteiger partial charge in [-0.25, -0.2) is 13.8 Å². The van der Waals surface area contributed by atoms with Crippen molar-refractivity contribution in [3.05, 3.63) is 17.5 Å². The van der Waals surface area contributed by atoms with Crippen molar-refractivity contribution in [3.63, 3.8) is 0 Å². The Labute approximate surface area is 108 Å². The zero-order valence-electron chi connectivity index (χ0n) is 9.50. The van der Waals surface area contributed by atoms with E-state index < -0.39 is 24.2 Å². The van der Waals surface area contributed by atoms with E-state index in [0.29, 0.717) is 12.8 Å². The Hall–Kier alpha value is -1.30. The summed E-state index contributed by atoms with van der Waals surface area (Å²) < 4.78 is 26.4. The minimum atomic E-state index is -2.75. The van der Waals surface area contributed by atoms with Crippen LogP contribution in [0.5, 0.6) is 0 Å². The fourth-order valence-corrected chi connectivity index (χ4v) is 2.17. The summed E-state index contributed by atoms with van der Waals surface area (Å²) in [5.41, 5.74) is 0. The Balaban J connectivity index is 2.00. The minimum absolute atomic E-state index is 0.141. The van der Waals surface area contributed by atoms with Crippen molar-refractivity contribution in [3.8, 4) is 0 Å². The number of carbonyl (C=O) groups is 1. The predicted molar refractivity (Wildman–Crippen MR) is 62.6 cm³/mol. The van der Waals surface area contributed by atoms with Crippen LogP contribution in [-0.2, 0) is 4.79 Å². The van der Waals surface area contributed by atoms with Crippen LogP contribution in [0, 0.1) is 5.92 Å². The number of hydrogen-bond donors (Lipinski definition) is 1. The molecule has 0 aromatic carbocycles.